The number of nitro benzene ring substituents is 1. The fraction of sp³-hybridized carbons (Fsp3) is 0.421. The van der Waals surface area contributed by atoms with E-state index in [9.17, 15) is 23.3 Å². The Hall–Kier alpha value is -2.76. The number of non-ortho nitro benzene ring substituents is 1. The highest BCUT2D eigenvalue weighted by molar-refractivity contribution is 7.90. The molecule has 0 bridgehead atoms. The summed E-state index contributed by atoms with van der Waals surface area (Å²) in [5, 5.41) is 13.9. The maximum Gasteiger partial charge on any atom is 0.271 e. The number of sulfone groups is 1. The number of hydrogen-bond donors (Lipinski definition) is 1. The van der Waals surface area contributed by atoms with Crippen LogP contribution in [0.25, 0.3) is 0 Å². The molecular formula is C19H23N3O7S. The highest BCUT2D eigenvalue weighted by atomic mass is 32.2. The van der Waals surface area contributed by atoms with Gasteiger partial charge in [0.2, 0.25) is 0 Å². The van der Waals surface area contributed by atoms with Gasteiger partial charge in [0.1, 0.15) is 11.5 Å². The molecule has 3 rings (SSSR count). The molecule has 10 nitrogen and oxygen atoms in total. The molecule has 1 atom stereocenters. The molecule has 2 aromatic rings. The SMILES string of the molecule is Cc1ccc(C(CNC(=O)c2cc([N+](=O)[O-])cc(S(C)(=O)=O)c2)N2CCOCC2)o1. The summed E-state index contributed by atoms with van der Waals surface area (Å²) < 4.78 is 34.8. The quantitative estimate of drug-likeness (QED) is 0.511. The maximum atomic E-state index is 12.7. The number of nitrogens with one attached hydrogen (secondary N) is 1. The van der Waals surface area contributed by atoms with E-state index in [0.717, 1.165) is 30.2 Å². The molecule has 0 aliphatic carbocycles. The minimum atomic E-state index is -3.73. The molecule has 1 fully saturated rings. The van der Waals surface area contributed by atoms with Gasteiger partial charge in [-0.15, -0.1) is 0 Å². The molecule has 1 amide bonds. The molecule has 11 heteroatoms. The highest BCUT2D eigenvalue weighted by Gasteiger charge is 2.26. The van der Waals surface area contributed by atoms with Crippen molar-refractivity contribution in [1.82, 2.24) is 10.2 Å². The Labute approximate surface area is 173 Å². The molecule has 30 heavy (non-hydrogen) atoms. The zero-order valence-electron chi connectivity index (χ0n) is 16.7. The second-order valence-electron chi connectivity index (χ2n) is 7.07. The Bertz CT molecular complexity index is 1040. The number of amides is 1. The van der Waals surface area contributed by atoms with Gasteiger partial charge in [-0.3, -0.25) is 19.8 Å². The number of morpholine rings is 1. The zero-order chi connectivity index (χ0) is 21.9. The van der Waals surface area contributed by atoms with Crippen LogP contribution in [0.1, 0.15) is 27.9 Å². The van der Waals surface area contributed by atoms with Crippen molar-refractivity contribution in [2.45, 2.75) is 17.9 Å². The van der Waals surface area contributed by atoms with Crippen molar-refractivity contribution in [1.29, 1.82) is 0 Å². The molecule has 0 radical (unpaired) electrons. The van der Waals surface area contributed by atoms with Crippen LogP contribution in [0, 0.1) is 17.0 Å². The van der Waals surface area contributed by atoms with E-state index in [2.05, 4.69) is 10.2 Å². The van der Waals surface area contributed by atoms with Crippen molar-refractivity contribution in [3.8, 4) is 0 Å². The number of carbonyl (C=O) groups excluding carboxylic acids is 1. The van der Waals surface area contributed by atoms with Crippen LogP contribution < -0.4 is 5.32 Å². The fourth-order valence-electron chi connectivity index (χ4n) is 3.26. The third-order valence-electron chi connectivity index (χ3n) is 4.82. The fourth-order valence-corrected chi connectivity index (χ4v) is 3.93. The van der Waals surface area contributed by atoms with E-state index in [1.54, 1.807) is 0 Å². The van der Waals surface area contributed by atoms with Crippen LogP contribution in [0.4, 0.5) is 5.69 Å². The third kappa shape index (κ3) is 5.23. The molecule has 1 saturated heterocycles. The lowest BCUT2D eigenvalue weighted by molar-refractivity contribution is -0.385. The van der Waals surface area contributed by atoms with Gasteiger partial charge in [-0.1, -0.05) is 0 Å². The molecule has 1 unspecified atom stereocenters. The van der Waals surface area contributed by atoms with Gasteiger partial charge in [-0.2, -0.15) is 0 Å². The van der Waals surface area contributed by atoms with Gasteiger partial charge >= 0.3 is 0 Å². The third-order valence-corrected chi connectivity index (χ3v) is 5.92. The second-order valence-corrected chi connectivity index (χ2v) is 9.08. The molecule has 162 valence electrons. The summed E-state index contributed by atoms with van der Waals surface area (Å²) in [5.74, 6) is 0.821. The van der Waals surface area contributed by atoms with Crippen molar-refractivity contribution in [2.75, 3.05) is 39.1 Å². The standard InChI is InChI=1S/C19H23N3O7S/c1-13-3-4-18(29-13)17(21-5-7-28-8-6-21)12-20-19(23)14-9-15(22(24)25)11-16(10-14)30(2,26)27/h3-4,9-11,17H,5-8,12H2,1-2H3,(H,20,23). The lowest BCUT2D eigenvalue weighted by Gasteiger charge is -2.33. The van der Waals surface area contributed by atoms with E-state index in [0.29, 0.717) is 32.1 Å². The van der Waals surface area contributed by atoms with Gasteiger partial charge in [0, 0.05) is 43.6 Å². The average Bonchev–Trinajstić information content (AvgIpc) is 3.13. The largest absolute Gasteiger partial charge is 0.465 e. The van der Waals surface area contributed by atoms with Crippen LogP contribution in [-0.2, 0) is 14.6 Å². The summed E-state index contributed by atoms with van der Waals surface area (Å²) in [4.78, 5) is 25.0. The van der Waals surface area contributed by atoms with E-state index >= 15 is 0 Å². The van der Waals surface area contributed by atoms with Crippen LogP contribution in [-0.4, -0.2) is 63.3 Å². The predicted molar refractivity (Wildman–Crippen MR) is 107 cm³/mol. The van der Waals surface area contributed by atoms with E-state index in [-0.39, 0.29) is 23.0 Å². The number of aryl methyl sites for hydroxylation is 1. The molecule has 1 N–H and O–H groups in total. The van der Waals surface area contributed by atoms with Crippen LogP contribution >= 0.6 is 0 Å². The van der Waals surface area contributed by atoms with E-state index in [4.69, 9.17) is 9.15 Å². The highest BCUT2D eigenvalue weighted by Crippen LogP contribution is 2.24. The summed E-state index contributed by atoms with van der Waals surface area (Å²) in [6.07, 6.45) is 0.932. The van der Waals surface area contributed by atoms with Gasteiger partial charge in [0.05, 0.1) is 29.1 Å². The molecule has 1 aromatic carbocycles. The predicted octanol–water partition coefficient (Wildman–Crippen LogP) is 1.70. The van der Waals surface area contributed by atoms with E-state index < -0.39 is 26.4 Å². The minimum absolute atomic E-state index is 0.0963. The Balaban J connectivity index is 1.83. The zero-order valence-corrected chi connectivity index (χ0v) is 17.5. The second kappa shape index (κ2) is 8.94. The number of ether oxygens (including phenoxy) is 1. The Morgan fingerprint density at radius 3 is 2.53 bits per heavy atom. The molecule has 1 aliphatic heterocycles. The number of hydrogen-bond acceptors (Lipinski definition) is 8. The molecule has 0 saturated carbocycles. The number of furan rings is 1. The first-order valence-electron chi connectivity index (χ1n) is 9.31. The summed E-state index contributed by atoms with van der Waals surface area (Å²) >= 11 is 0. The molecule has 0 spiro atoms. The van der Waals surface area contributed by atoms with Crippen molar-refractivity contribution in [2.24, 2.45) is 0 Å². The summed E-state index contributed by atoms with van der Waals surface area (Å²) in [6.45, 7) is 4.46. The van der Waals surface area contributed by atoms with Crippen molar-refractivity contribution >= 4 is 21.4 Å². The number of benzene rings is 1. The number of nitrogens with zero attached hydrogens (tertiary/aromatic N) is 2. The summed E-state index contributed by atoms with van der Waals surface area (Å²) in [7, 11) is -3.73. The lowest BCUT2D eigenvalue weighted by Crippen LogP contribution is -2.43. The first-order chi connectivity index (χ1) is 14.1. The Morgan fingerprint density at radius 1 is 1.27 bits per heavy atom. The van der Waals surface area contributed by atoms with Crippen LogP contribution in [0.3, 0.4) is 0 Å². The maximum absolute atomic E-state index is 12.7. The normalized spacial score (nSPS) is 16.2. The Kier molecular flexibility index (Phi) is 6.54. The number of rotatable bonds is 7. The van der Waals surface area contributed by atoms with E-state index in [1.807, 2.05) is 19.1 Å². The Morgan fingerprint density at radius 2 is 1.97 bits per heavy atom. The molecular weight excluding hydrogens is 414 g/mol. The minimum Gasteiger partial charge on any atom is -0.465 e. The first-order valence-corrected chi connectivity index (χ1v) is 11.2. The van der Waals surface area contributed by atoms with Crippen LogP contribution in [0.5, 0.6) is 0 Å². The molecule has 1 aromatic heterocycles. The van der Waals surface area contributed by atoms with Gasteiger partial charge in [0.15, 0.2) is 9.84 Å². The summed E-state index contributed by atoms with van der Waals surface area (Å²) in [5.41, 5.74) is -0.560. The monoisotopic (exact) mass is 437 g/mol. The van der Waals surface area contributed by atoms with Crippen LogP contribution in [0.2, 0.25) is 0 Å². The smallest absolute Gasteiger partial charge is 0.271 e. The number of carbonyl (C=O) groups is 1. The molecule has 1 aliphatic rings. The van der Waals surface area contributed by atoms with Crippen molar-refractivity contribution in [3.05, 3.63) is 57.5 Å². The van der Waals surface area contributed by atoms with Crippen LogP contribution in [0.15, 0.2) is 39.6 Å². The van der Waals surface area contributed by atoms with Gasteiger partial charge in [-0.05, 0) is 25.1 Å². The summed E-state index contributed by atoms with van der Waals surface area (Å²) in [6, 6.07) is 6.57. The number of nitro groups is 1. The lowest BCUT2D eigenvalue weighted by atomic mass is 10.1. The first kappa shape index (κ1) is 21.9. The molecule has 2 heterocycles. The topological polar surface area (TPSA) is 132 Å². The average molecular weight is 437 g/mol. The van der Waals surface area contributed by atoms with Gasteiger partial charge in [0.25, 0.3) is 11.6 Å². The van der Waals surface area contributed by atoms with E-state index in [1.165, 1.54) is 0 Å². The van der Waals surface area contributed by atoms with Crippen molar-refractivity contribution < 1.29 is 27.3 Å². The van der Waals surface area contributed by atoms with Crippen molar-refractivity contribution in [3.63, 3.8) is 0 Å². The van der Waals surface area contributed by atoms with Gasteiger partial charge in [-0.25, -0.2) is 8.42 Å². The van der Waals surface area contributed by atoms with Gasteiger partial charge < -0.3 is 14.5 Å².